The van der Waals surface area contributed by atoms with Crippen LogP contribution in [0.25, 0.3) is 0 Å². The van der Waals surface area contributed by atoms with Crippen LogP contribution in [0, 0.1) is 5.92 Å². The van der Waals surface area contributed by atoms with E-state index in [1.807, 2.05) is 27.0 Å². The second-order valence-electron chi connectivity index (χ2n) is 5.10. The normalized spacial score (nSPS) is 19.7. The van der Waals surface area contributed by atoms with Crippen molar-refractivity contribution >= 4 is 22.9 Å². The van der Waals surface area contributed by atoms with Gasteiger partial charge in [0.25, 0.3) is 0 Å². The summed E-state index contributed by atoms with van der Waals surface area (Å²) in [6.07, 6.45) is 3.42. The number of esters is 1. The number of carbonyl (C=O) groups is 1. The SMILES string of the molecule is CS/C(=N\C(C)N)N1CCC(C(=O)OC(C)C)CC1. The summed E-state index contributed by atoms with van der Waals surface area (Å²) in [5.74, 6) is -0.0402. The molecule has 0 bridgehead atoms. The molecule has 0 spiro atoms. The zero-order chi connectivity index (χ0) is 14.4. The molecule has 0 aromatic heterocycles. The second kappa shape index (κ2) is 7.75. The summed E-state index contributed by atoms with van der Waals surface area (Å²) in [6.45, 7) is 7.31. The van der Waals surface area contributed by atoms with E-state index in [1.54, 1.807) is 11.8 Å². The Kier molecular flexibility index (Phi) is 6.65. The fraction of sp³-hybridized carbons (Fsp3) is 0.846. The highest BCUT2D eigenvalue weighted by atomic mass is 32.2. The number of likely N-dealkylation sites (tertiary alicyclic amines) is 1. The van der Waals surface area contributed by atoms with Gasteiger partial charge in [0.05, 0.1) is 18.2 Å². The van der Waals surface area contributed by atoms with Gasteiger partial charge in [-0.05, 0) is 39.9 Å². The van der Waals surface area contributed by atoms with E-state index in [-0.39, 0.29) is 24.2 Å². The molecule has 1 saturated heterocycles. The Morgan fingerprint density at radius 2 is 1.95 bits per heavy atom. The minimum absolute atomic E-state index is 0.0251. The van der Waals surface area contributed by atoms with Crippen molar-refractivity contribution in [2.75, 3.05) is 19.3 Å². The van der Waals surface area contributed by atoms with Crippen molar-refractivity contribution in [3.05, 3.63) is 0 Å². The molecule has 0 amide bonds. The molecule has 0 aromatic rings. The van der Waals surface area contributed by atoms with Crippen molar-refractivity contribution in [2.24, 2.45) is 16.6 Å². The first-order valence-electron chi connectivity index (χ1n) is 6.76. The highest BCUT2D eigenvalue weighted by molar-refractivity contribution is 8.13. The lowest BCUT2D eigenvalue weighted by Crippen LogP contribution is -2.40. The van der Waals surface area contributed by atoms with Crippen LogP contribution in [0.1, 0.15) is 33.6 Å². The molecule has 0 radical (unpaired) electrons. The fourth-order valence-electron chi connectivity index (χ4n) is 2.07. The lowest BCUT2D eigenvalue weighted by atomic mass is 9.97. The number of nitrogens with two attached hydrogens (primary N) is 1. The van der Waals surface area contributed by atoms with Gasteiger partial charge in [-0.2, -0.15) is 0 Å². The average Bonchev–Trinajstić information content (AvgIpc) is 2.35. The van der Waals surface area contributed by atoms with Gasteiger partial charge in [0.2, 0.25) is 0 Å². The third kappa shape index (κ3) is 5.40. The van der Waals surface area contributed by atoms with E-state index < -0.39 is 0 Å². The molecule has 0 aromatic carbocycles. The van der Waals surface area contributed by atoms with Gasteiger partial charge in [-0.15, -0.1) is 0 Å². The van der Waals surface area contributed by atoms with Gasteiger partial charge >= 0.3 is 5.97 Å². The van der Waals surface area contributed by atoms with Gasteiger partial charge in [-0.3, -0.25) is 4.79 Å². The summed E-state index contributed by atoms with van der Waals surface area (Å²) in [7, 11) is 0. The van der Waals surface area contributed by atoms with Crippen LogP contribution in [-0.4, -0.2) is 47.7 Å². The maximum Gasteiger partial charge on any atom is 0.309 e. The van der Waals surface area contributed by atoms with E-state index in [9.17, 15) is 4.79 Å². The summed E-state index contributed by atoms with van der Waals surface area (Å²) in [5.41, 5.74) is 5.70. The van der Waals surface area contributed by atoms with Crippen molar-refractivity contribution in [3.8, 4) is 0 Å². The minimum Gasteiger partial charge on any atom is -0.463 e. The van der Waals surface area contributed by atoms with Crippen LogP contribution in [0.4, 0.5) is 0 Å². The third-order valence-electron chi connectivity index (χ3n) is 2.95. The van der Waals surface area contributed by atoms with Crippen LogP contribution >= 0.6 is 11.8 Å². The molecular formula is C13H25N3O2S. The molecule has 1 rings (SSSR count). The first-order chi connectivity index (χ1) is 8.93. The molecule has 1 aliphatic rings. The molecule has 1 atom stereocenters. The number of thioether (sulfide) groups is 1. The zero-order valence-corrected chi connectivity index (χ0v) is 13.1. The Bertz CT molecular complexity index is 324. The molecule has 1 aliphatic heterocycles. The zero-order valence-electron chi connectivity index (χ0n) is 12.3. The maximum atomic E-state index is 11.8. The molecule has 1 fully saturated rings. The topological polar surface area (TPSA) is 67.9 Å². The van der Waals surface area contributed by atoms with Crippen LogP contribution in [0.3, 0.4) is 0 Å². The number of amidine groups is 1. The number of aliphatic imine (C=N–C) groups is 1. The first kappa shape index (κ1) is 16.3. The van der Waals surface area contributed by atoms with E-state index in [4.69, 9.17) is 10.5 Å². The molecular weight excluding hydrogens is 262 g/mol. The smallest absolute Gasteiger partial charge is 0.309 e. The van der Waals surface area contributed by atoms with Gasteiger partial charge in [-0.25, -0.2) is 4.99 Å². The van der Waals surface area contributed by atoms with Crippen LogP contribution < -0.4 is 5.73 Å². The first-order valence-corrected chi connectivity index (χ1v) is 7.99. The monoisotopic (exact) mass is 287 g/mol. The molecule has 110 valence electrons. The van der Waals surface area contributed by atoms with Crippen molar-refractivity contribution < 1.29 is 9.53 Å². The van der Waals surface area contributed by atoms with Crippen LogP contribution in [-0.2, 0) is 9.53 Å². The molecule has 0 saturated carbocycles. The fourth-order valence-corrected chi connectivity index (χ4v) is 2.79. The molecule has 5 nitrogen and oxygen atoms in total. The Labute approximate surface area is 120 Å². The van der Waals surface area contributed by atoms with Crippen LogP contribution in [0.5, 0.6) is 0 Å². The average molecular weight is 287 g/mol. The Hall–Kier alpha value is -0.750. The van der Waals surface area contributed by atoms with Gasteiger partial charge in [0.1, 0.15) is 0 Å². The van der Waals surface area contributed by atoms with Gasteiger partial charge in [-0.1, -0.05) is 11.8 Å². The summed E-state index contributed by atoms with van der Waals surface area (Å²) < 4.78 is 5.26. The number of nitrogens with zero attached hydrogens (tertiary/aromatic N) is 2. The predicted octanol–water partition coefficient (Wildman–Crippen LogP) is 1.67. The standard InChI is InChI=1S/C13H25N3O2S/c1-9(2)18-12(17)11-5-7-16(8-6-11)13(19-4)15-10(3)14/h9-11H,5-8,14H2,1-4H3/b15-13-. The Morgan fingerprint density at radius 1 is 1.37 bits per heavy atom. The van der Waals surface area contributed by atoms with Crippen LogP contribution in [0.15, 0.2) is 4.99 Å². The Morgan fingerprint density at radius 3 is 2.37 bits per heavy atom. The van der Waals surface area contributed by atoms with E-state index in [0.29, 0.717) is 0 Å². The molecule has 2 N–H and O–H groups in total. The Balaban J connectivity index is 2.50. The van der Waals surface area contributed by atoms with Gasteiger partial charge in [0, 0.05) is 13.1 Å². The van der Waals surface area contributed by atoms with Crippen molar-refractivity contribution in [3.63, 3.8) is 0 Å². The third-order valence-corrected chi connectivity index (χ3v) is 3.68. The summed E-state index contributed by atoms with van der Waals surface area (Å²) in [4.78, 5) is 18.4. The summed E-state index contributed by atoms with van der Waals surface area (Å²) in [6, 6.07) is 0. The van der Waals surface area contributed by atoms with Crippen molar-refractivity contribution in [1.29, 1.82) is 0 Å². The van der Waals surface area contributed by atoms with E-state index in [0.717, 1.165) is 31.1 Å². The van der Waals surface area contributed by atoms with Crippen molar-refractivity contribution in [1.82, 2.24) is 4.90 Å². The lowest BCUT2D eigenvalue weighted by molar-refractivity contribution is -0.153. The number of ether oxygens (including phenoxy) is 1. The highest BCUT2D eigenvalue weighted by Gasteiger charge is 2.27. The van der Waals surface area contributed by atoms with Crippen molar-refractivity contribution in [2.45, 2.75) is 45.9 Å². The van der Waals surface area contributed by atoms with Gasteiger partial charge in [0.15, 0.2) is 5.17 Å². The lowest BCUT2D eigenvalue weighted by Gasteiger charge is -2.33. The highest BCUT2D eigenvalue weighted by Crippen LogP contribution is 2.21. The predicted molar refractivity (Wildman–Crippen MR) is 80.1 cm³/mol. The van der Waals surface area contributed by atoms with Gasteiger partial charge < -0.3 is 15.4 Å². The largest absolute Gasteiger partial charge is 0.463 e. The minimum atomic E-state index is -0.189. The molecule has 6 heteroatoms. The molecule has 0 aliphatic carbocycles. The molecule has 1 unspecified atom stereocenters. The van der Waals surface area contributed by atoms with E-state index in [2.05, 4.69) is 9.89 Å². The summed E-state index contributed by atoms with van der Waals surface area (Å²) in [5, 5.41) is 0.964. The quantitative estimate of drug-likeness (QED) is 0.486. The van der Waals surface area contributed by atoms with Crippen LogP contribution in [0.2, 0.25) is 0 Å². The molecule has 19 heavy (non-hydrogen) atoms. The number of hydrogen-bond acceptors (Lipinski definition) is 5. The number of rotatable bonds is 3. The number of hydrogen-bond donors (Lipinski definition) is 1. The number of carbonyl (C=O) groups excluding carboxylic acids is 1. The number of piperidine rings is 1. The maximum absolute atomic E-state index is 11.8. The molecule has 1 heterocycles. The summed E-state index contributed by atoms with van der Waals surface area (Å²) >= 11 is 1.60. The van der Waals surface area contributed by atoms with E-state index >= 15 is 0 Å². The second-order valence-corrected chi connectivity index (χ2v) is 5.88. The van der Waals surface area contributed by atoms with E-state index in [1.165, 1.54) is 0 Å².